The van der Waals surface area contributed by atoms with Gasteiger partial charge in [-0.3, -0.25) is 0 Å². The van der Waals surface area contributed by atoms with Gasteiger partial charge in [0.05, 0.1) is 33.7 Å². The molecule has 1 amide bonds. The molecule has 202 valence electrons. The summed E-state index contributed by atoms with van der Waals surface area (Å²) in [6.07, 6.45) is 1.44. The maximum atomic E-state index is 13.8. The lowest BCUT2D eigenvalue weighted by Gasteiger charge is -2.46. The van der Waals surface area contributed by atoms with Crippen LogP contribution in [0.2, 0.25) is 15.1 Å². The van der Waals surface area contributed by atoms with Crippen molar-refractivity contribution in [2.75, 3.05) is 13.1 Å². The molecule has 1 saturated heterocycles. The van der Waals surface area contributed by atoms with Gasteiger partial charge < -0.3 is 24.0 Å². The van der Waals surface area contributed by atoms with Gasteiger partial charge in [-0.05, 0) is 57.9 Å². The Kier molecular flexibility index (Phi) is 7.05. The summed E-state index contributed by atoms with van der Waals surface area (Å²) in [6.45, 7) is 5.56. The van der Waals surface area contributed by atoms with E-state index < -0.39 is 23.1 Å². The molecule has 1 aliphatic carbocycles. The lowest BCUT2D eigenvalue weighted by atomic mass is 9.86. The van der Waals surface area contributed by atoms with Crippen molar-refractivity contribution < 1.29 is 28.3 Å². The van der Waals surface area contributed by atoms with Crippen LogP contribution in [0.25, 0.3) is 11.3 Å². The first-order valence-electron chi connectivity index (χ1n) is 12.1. The molecule has 1 saturated carbocycles. The number of likely N-dealkylation sites (tertiary alicyclic amines) is 1. The first-order chi connectivity index (χ1) is 17.8. The molecule has 2 aromatic carbocycles. The Morgan fingerprint density at radius 2 is 1.82 bits per heavy atom. The molecule has 5 rings (SSSR count). The van der Waals surface area contributed by atoms with Crippen molar-refractivity contribution in [1.82, 2.24) is 10.1 Å². The zero-order valence-electron chi connectivity index (χ0n) is 21.0. The molecule has 7 nitrogen and oxygen atoms in total. The second-order valence-corrected chi connectivity index (χ2v) is 11.9. The number of benzene rings is 2. The molecule has 1 N–H and O–H groups in total. The molecular formula is C27H26Cl3FN2O5. The Hall–Kier alpha value is -2.52. The number of β-amino-alcohol motifs (C(OH)–C–C–N with tert-alkyl or cyclic N) is 1. The van der Waals surface area contributed by atoms with Crippen molar-refractivity contribution in [3.8, 4) is 17.0 Å². The van der Waals surface area contributed by atoms with Gasteiger partial charge in [0.1, 0.15) is 40.8 Å². The minimum absolute atomic E-state index is 0.0653. The van der Waals surface area contributed by atoms with Gasteiger partial charge in [0.15, 0.2) is 0 Å². The van der Waals surface area contributed by atoms with E-state index in [4.69, 9.17) is 48.8 Å². The highest BCUT2D eigenvalue weighted by Gasteiger charge is 2.47. The van der Waals surface area contributed by atoms with Crippen LogP contribution >= 0.6 is 34.8 Å². The van der Waals surface area contributed by atoms with Gasteiger partial charge in [-0.25, -0.2) is 9.18 Å². The maximum absolute atomic E-state index is 13.8. The Balaban J connectivity index is 1.32. The van der Waals surface area contributed by atoms with E-state index in [2.05, 4.69) is 5.16 Å². The topological polar surface area (TPSA) is 85.0 Å². The predicted octanol–water partition coefficient (Wildman–Crippen LogP) is 7.34. The minimum atomic E-state index is -1.29. The van der Waals surface area contributed by atoms with Crippen molar-refractivity contribution in [1.29, 1.82) is 0 Å². The van der Waals surface area contributed by atoms with E-state index in [0.717, 1.165) is 12.8 Å². The average Bonchev–Trinajstić information content (AvgIpc) is 3.54. The third-order valence-corrected chi connectivity index (χ3v) is 7.30. The number of nitrogens with zero attached hydrogens (tertiary/aromatic N) is 2. The fourth-order valence-electron chi connectivity index (χ4n) is 4.42. The number of carbonyl (C=O) groups is 1. The summed E-state index contributed by atoms with van der Waals surface area (Å²) in [5, 5.41) is 15.8. The van der Waals surface area contributed by atoms with Crippen molar-refractivity contribution in [2.45, 2.75) is 57.3 Å². The summed E-state index contributed by atoms with van der Waals surface area (Å²) < 4.78 is 30.8. The van der Waals surface area contributed by atoms with E-state index in [9.17, 15) is 14.3 Å². The zero-order chi connectivity index (χ0) is 27.4. The molecule has 0 spiro atoms. The fraction of sp³-hybridized carbons (Fsp3) is 0.407. The van der Waals surface area contributed by atoms with E-state index in [1.807, 2.05) is 0 Å². The monoisotopic (exact) mass is 582 g/mol. The first-order valence-corrected chi connectivity index (χ1v) is 13.2. The summed E-state index contributed by atoms with van der Waals surface area (Å²) >= 11 is 19.1. The van der Waals surface area contributed by atoms with E-state index >= 15 is 0 Å². The summed E-state index contributed by atoms with van der Waals surface area (Å²) in [5.74, 6) is 0.810. The SMILES string of the molecule is CC(C)(C)OC(=O)N1CC(O)(c2ccc(OCc3c(-c4c(Cl)cc(F)cc4Cl)noc3C3CC3)cc2Cl)C1. The van der Waals surface area contributed by atoms with E-state index in [0.29, 0.717) is 38.9 Å². The molecule has 1 aliphatic heterocycles. The first kappa shape index (κ1) is 27.1. The molecule has 2 heterocycles. The number of hydrogen-bond donors (Lipinski definition) is 1. The van der Waals surface area contributed by atoms with Crippen LogP contribution in [0.5, 0.6) is 5.75 Å². The van der Waals surface area contributed by atoms with Gasteiger partial charge in [-0.1, -0.05) is 46.0 Å². The second-order valence-electron chi connectivity index (χ2n) is 10.7. The summed E-state index contributed by atoms with van der Waals surface area (Å²) in [7, 11) is 0. The van der Waals surface area contributed by atoms with E-state index in [-0.39, 0.29) is 35.7 Å². The number of aliphatic hydroxyl groups is 1. The van der Waals surface area contributed by atoms with Gasteiger partial charge in [0.2, 0.25) is 0 Å². The van der Waals surface area contributed by atoms with Gasteiger partial charge in [-0.15, -0.1) is 0 Å². The normalized spacial score (nSPS) is 16.8. The molecule has 2 aliphatic rings. The molecule has 11 heteroatoms. The lowest BCUT2D eigenvalue weighted by molar-refractivity contribution is -0.103. The van der Waals surface area contributed by atoms with Crippen LogP contribution in [0.4, 0.5) is 9.18 Å². The molecule has 0 atom stereocenters. The van der Waals surface area contributed by atoms with E-state index in [1.165, 1.54) is 17.0 Å². The summed E-state index contributed by atoms with van der Waals surface area (Å²) in [4.78, 5) is 13.7. The number of hydrogen-bond acceptors (Lipinski definition) is 6. The lowest BCUT2D eigenvalue weighted by Crippen LogP contribution is -2.62. The Labute approximate surface area is 234 Å². The molecule has 0 unspecified atom stereocenters. The van der Waals surface area contributed by atoms with Crippen LogP contribution in [-0.4, -0.2) is 39.9 Å². The Morgan fingerprint density at radius 3 is 2.39 bits per heavy atom. The highest BCUT2D eigenvalue weighted by molar-refractivity contribution is 6.39. The van der Waals surface area contributed by atoms with E-state index in [1.54, 1.807) is 39.0 Å². The molecule has 1 aromatic heterocycles. The van der Waals surface area contributed by atoms with Crippen LogP contribution in [0.1, 0.15) is 56.4 Å². The average molecular weight is 584 g/mol. The maximum Gasteiger partial charge on any atom is 0.410 e. The Bertz CT molecular complexity index is 1370. The number of rotatable bonds is 6. The second kappa shape index (κ2) is 9.90. The number of ether oxygens (including phenoxy) is 2. The van der Waals surface area contributed by atoms with Crippen molar-refractivity contribution in [2.24, 2.45) is 0 Å². The van der Waals surface area contributed by atoms with Crippen LogP contribution in [0.15, 0.2) is 34.9 Å². The molecule has 0 radical (unpaired) electrons. The zero-order valence-corrected chi connectivity index (χ0v) is 23.3. The van der Waals surface area contributed by atoms with Crippen LogP contribution in [0.3, 0.4) is 0 Å². The number of carbonyl (C=O) groups excluding carboxylic acids is 1. The number of aromatic nitrogens is 1. The van der Waals surface area contributed by atoms with Crippen LogP contribution in [-0.2, 0) is 16.9 Å². The number of amides is 1. The van der Waals surface area contributed by atoms with Crippen molar-refractivity contribution in [3.05, 3.63) is 68.1 Å². The van der Waals surface area contributed by atoms with Crippen LogP contribution in [0, 0.1) is 5.82 Å². The molecule has 2 fully saturated rings. The van der Waals surface area contributed by atoms with Crippen molar-refractivity contribution >= 4 is 40.9 Å². The van der Waals surface area contributed by atoms with Gasteiger partial charge in [0.25, 0.3) is 0 Å². The van der Waals surface area contributed by atoms with Crippen molar-refractivity contribution in [3.63, 3.8) is 0 Å². The smallest absolute Gasteiger partial charge is 0.410 e. The third-order valence-electron chi connectivity index (χ3n) is 6.39. The molecule has 0 bridgehead atoms. The molecule has 3 aromatic rings. The van der Waals surface area contributed by atoms with Gasteiger partial charge in [0, 0.05) is 17.0 Å². The molecular weight excluding hydrogens is 558 g/mol. The third kappa shape index (κ3) is 5.45. The fourth-order valence-corrected chi connectivity index (χ4v) is 5.41. The summed E-state index contributed by atoms with van der Waals surface area (Å²) in [6, 6.07) is 7.32. The quantitative estimate of drug-likeness (QED) is 0.327. The van der Waals surface area contributed by atoms with Crippen LogP contribution < -0.4 is 4.74 Å². The van der Waals surface area contributed by atoms with Gasteiger partial charge >= 0.3 is 6.09 Å². The summed E-state index contributed by atoms with van der Waals surface area (Å²) in [5.41, 5.74) is 0.0195. The highest BCUT2D eigenvalue weighted by Crippen LogP contribution is 2.46. The largest absolute Gasteiger partial charge is 0.489 e. The Morgan fingerprint density at radius 1 is 1.16 bits per heavy atom. The predicted molar refractivity (Wildman–Crippen MR) is 141 cm³/mol. The highest BCUT2D eigenvalue weighted by atomic mass is 35.5. The minimum Gasteiger partial charge on any atom is -0.489 e. The number of halogens is 4. The standard InChI is InChI=1S/C27H26Cl3FN2O5/c1-26(2,3)37-25(34)33-12-27(35,13-33)18-7-6-16(10-19(18)28)36-11-17-23(32-38-24(17)14-4-5-14)22-20(29)8-15(31)9-21(22)30/h6-10,14,35H,4-5,11-13H2,1-3H3. The van der Waals surface area contributed by atoms with Gasteiger partial charge in [-0.2, -0.15) is 0 Å². The molecule has 38 heavy (non-hydrogen) atoms.